The predicted octanol–water partition coefficient (Wildman–Crippen LogP) is 0.764. The number of halogens is 1. The molecule has 1 aromatic rings. The molecule has 2 N–H and O–H groups in total. The van der Waals surface area contributed by atoms with Gasteiger partial charge in [-0.05, 0) is 18.9 Å². The third-order valence-corrected chi connectivity index (χ3v) is 4.34. The lowest BCUT2D eigenvalue weighted by molar-refractivity contribution is -0.385. The molecule has 2 rings (SSSR count). The lowest BCUT2D eigenvalue weighted by atomic mass is 10.3. The van der Waals surface area contributed by atoms with Gasteiger partial charge in [0, 0.05) is 25.2 Å². The van der Waals surface area contributed by atoms with Gasteiger partial charge < -0.3 is 5.32 Å². The monoisotopic (exact) mass is 303 g/mol. The highest BCUT2D eigenvalue weighted by molar-refractivity contribution is 7.89. The minimum absolute atomic E-state index is 0.134. The van der Waals surface area contributed by atoms with Crippen molar-refractivity contribution in [3.05, 3.63) is 34.1 Å². The molecule has 1 saturated carbocycles. The Morgan fingerprint density at radius 1 is 1.35 bits per heavy atom. The molecule has 1 aromatic carbocycles. The minimum Gasteiger partial charge on any atom is -0.313 e. The summed E-state index contributed by atoms with van der Waals surface area (Å²) in [6.45, 7) is 0.591. The van der Waals surface area contributed by atoms with Crippen molar-refractivity contribution >= 4 is 15.7 Å². The summed E-state index contributed by atoms with van der Waals surface area (Å²) < 4.78 is 39.6. The van der Waals surface area contributed by atoms with Crippen molar-refractivity contribution in [2.45, 2.75) is 23.8 Å². The van der Waals surface area contributed by atoms with Crippen molar-refractivity contribution in [1.82, 2.24) is 10.0 Å². The Kier molecular flexibility index (Phi) is 4.31. The molecule has 110 valence electrons. The smallest absolute Gasteiger partial charge is 0.272 e. The number of nitro benzene ring substituents is 1. The fourth-order valence-corrected chi connectivity index (χ4v) is 2.74. The fraction of sp³-hybridized carbons (Fsp3) is 0.455. The molecule has 1 aliphatic rings. The molecule has 0 aromatic heterocycles. The molecule has 0 atom stereocenters. The Balaban J connectivity index is 2.02. The van der Waals surface area contributed by atoms with Gasteiger partial charge in [-0.1, -0.05) is 0 Å². The van der Waals surface area contributed by atoms with E-state index in [0.29, 0.717) is 18.7 Å². The largest absolute Gasteiger partial charge is 0.313 e. The van der Waals surface area contributed by atoms with E-state index < -0.39 is 31.3 Å². The molecule has 7 nitrogen and oxygen atoms in total. The van der Waals surface area contributed by atoms with E-state index in [0.717, 1.165) is 25.0 Å². The average molecular weight is 303 g/mol. The number of nitrogens with one attached hydrogen (secondary N) is 2. The average Bonchev–Trinajstić information content (AvgIpc) is 3.18. The zero-order valence-corrected chi connectivity index (χ0v) is 11.3. The van der Waals surface area contributed by atoms with Crippen molar-refractivity contribution in [2.24, 2.45) is 0 Å². The summed E-state index contributed by atoms with van der Waals surface area (Å²) in [6.07, 6.45) is 2.17. The number of benzene rings is 1. The molecule has 1 aliphatic carbocycles. The molecule has 0 radical (unpaired) electrons. The van der Waals surface area contributed by atoms with Gasteiger partial charge in [-0.2, -0.15) is 0 Å². The van der Waals surface area contributed by atoms with Crippen LogP contribution in [0.25, 0.3) is 0 Å². The maximum atomic E-state index is 13.6. The molecule has 0 spiro atoms. The maximum absolute atomic E-state index is 13.6. The molecule has 1 fully saturated rings. The first-order chi connectivity index (χ1) is 9.40. The van der Waals surface area contributed by atoms with Gasteiger partial charge in [-0.3, -0.25) is 10.1 Å². The van der Waals surface area contributed by atoms with E-state index in [1.54, 1.807) is 0 Å². The Morgan fingerprint density at radius 3 is 2.60 bits per heavy atom. The summed E-state index contributed by atoms with van der Waals surface area (Å²) >= 11 is 0. The van der Waals surface area contributed by atoms with Gasteiger partial charge in [0.05, 0.1) is 11.0 Å². The number of hydrogen-bond donors (Lipinski definition) is 2. The zero-order chi connectivity index (χ0) is 14.8. The first kappa shape index (κ1) is 14.8. The van der Waals surface area contributed by atoms with Crippen LogP contribution in [0.1, 0.15) is 12.8 Å². The highest BCUT2D eigenvalue weighted by Crippen LogP contribution is 2.20. The van der Waals surface area contributed by atoms with Crippen LogP contribution in [0.3, 0.4) is 0 Å². The Bertz CT molecular complexity index is 616. The van der Waals surface area contributed by atoms with Crippen LogP contribution < -0.4 is 10.0 Å². The molecule has 0 amide bonds. The second-order valence-corrected chi connectivity index (χ2v) is 6.23. The number of rotatable bonds is 7. The SMILES string of the molecule is O=[N+]([O-])c1ccc(S(=O)(=O)NCCNC2CC2)c(F)c1. The van der Waals surface area contributed by atoms with E-state index in [1.807, 2.05) is 0 Å². The Morgan fingerprint density at radius 2 is 2.05 bits per heavy atom. The minimum atomic E-state index is -4.00. The predicted molar refractivity (Wildman–Crippen MR) is 69.3 cm³/mol. The molecule has 9 heteroatoms. The summed E-state index contributed by atoms with van der Waals surface area (Å²) in [5.41, 5.74) is -0.489. The van der Waals surface area contributed by atoms with Crippen LogP contribution in [-0.2, 0) is 10.0 Å². The van der Waals surface area contributed by atoms with Crippen LogP contribution in [-0.4, -0.2) is 32.5 Å². The third-order valence-electron chi connectivity index (χ3n) is 2.84. The quantitative estimate of drug-likeness (QED) is 0.440. The normalized spacial score (nSPS) is 15.2. The maximum Gasteiger partial charge on any atom is 0.272 e. The second kappa shape index (κ2) is 5.81. The van der Waals surface area contributed by atoms with Crippen molar-refractivity contribution in [3.8, 4) is 0 Å². The van der Waals surface area contributed by atoms with Gasteiger partial charge in [0.2, 0.25) is 10.0 Å². The molecular weight excluding hydrogens is 289 g/mol. The van der Waals surface area contributed by atoms with E-state index >= 15 is 0 Å². The van der Waals surface area contributed by atoms with Crippen LogP contribution in [0.4, 0.5) is 10.1 Å². The highest BCUT2D eigenvalue weighted by Gasteiger charge is 2.22. The van der Waals surface area contributed by atoms with E-state index in [4.69, 9.17) is 0 Å². The number of nitrogens with zero attached hydrogens (tertiary/aromatic N) is 1. The lowest BCUT2D eigenvalue weighted by Gasteiger charge is -2.08. The first-order valence-electron chi connectivity index (χ1n) is 6.07. The summed E-state index contributed by atoms with van der Waals surface area (Å²) in [4.78, 5) is 9.09. The molecule has 20 heavy (non-hydrogen) atoms. The number of sulfonamides is 1. The molecule has 0 bridgehead atoms. The zero-order valence-electron chi connectivity index (χ0n) is 10.5. The summed E-state index contributed by atoms with van der Waals surface area (Å²) in [5.74, 6) is -1.14. The summed E-state index contributed by atoms with van der Waals surface area (Å²) in [7, 11) is -4.00. The van der Waals surface area contributed by atoms with Crippen LogP contribution in [0.5, 0.6) is 0 Å². The van der Waals surface area contributed by atoms with E-state index in [9.17, 15) is 22.9 Å². The molecule has 0 saturated heterocycles. The number of hydrogen-bond acceptors (Lipinski definition) is 5. The molecule has 0 unspecified atom stereocenters. The topological polar surface area (TPSA) is 101 Å². The molecule has 0 aliphatic heterocycles. The summed E-state index contributed by atoms with van der Waals surface area (Å²) in [5, 5.41) is 13.6. The highest BCUT2D eigenvalue weighted by atomic mass is 32.2. The Hall–Kier alpha value is -1.58. The fourth-order valence-electron chi connectivity index (χ4n) is 1.65. The molecule has 0 heterocycles. The second-order valence-electron chi connectivity index (χ2n) is 4.50. The van der Waals surface area contributed by atoms with Gasteiger partial charge in [-0.25, -0.2) is 17.5 Å². The lowest BCUT2D eigenvalue weighted by Crippen LogP contribution is -2.33. The van der Waals surface area contributed by atoms with E-state index in [1.165, 1.54) is 0 Å². The standard InChI is InChI=1S/C11H14FN3O4S/c12-10-7-9(15(16)17)3-4-11(10)20(18,19)14-6-5-13-8-1-2-8/h3-4,7-8,13-14H,1-2,5-6H2. The van der Waals surface area contributed by atoms with Gasteiger partial charge in [0.1, 0.15) is 10.7 Å². The van der Waals surface area contributed by atoms with Crippen molar-refractivity contribution in [1.29, 1.82) is 0 Å². The Labute approximate surface area is 115 Å². The molecular formula is C11H14FN3O4S. The number of non-ortho nitro benzene ring substituents is 1. The third kappa shape index (κ3) is 3.71. The van der Waals surface area contributed by atoms with E-state index in [-0.39, 0.29) is 6.54 Å². The first-order valence-corrected chi connectivity index (χ1v) is 7.55. The van der Waals surface area contributed by atoms with Crippen LogP contribution in [0.2, 0.25) is 0 Å². The van der Waals surface area contributed by atoms with Crippen LogP contribution >= 0.6 is 0 Å². The van der Waals surface area contributed by atoms with Crippen LogP contribution in [0, 0.1) is 15.9 Å². The van der Waals surface area contributed by atoms with Gasteiger partial charge >= 0.3 is 0 Å². The van der Waals surface area contributed by atoms with Gasteiger partial charge in [-0.15, -0.1) is 0 Å². The van der Waals surface area contributed by atoms with Gasteiger partial charge in [0.25, 0.3) is 5.69 Å². The summed E-state index contributed by atoms with van der Waals surface area (Å²) in [6, 6.07) is 2.90. The van der Waals surface area contributed by atoms with Crippen molar-refractivity contribution in [2.75, 3.05) is 13.1 Å². The van der Waals surface area contributed by atoms with Crippen molar-refractivity contribution < 1.29 is 17.7 Å². The number of nitro groups is 1. The van der Waals surface area contributed by atoms with Gasteiger partial charge in [0.15, 0.2) is 0 Å². The van der Waals surface area contributed by atoms with Crippen LogP contribution in [0.15, 0.2) is 23.1 Å². The van der Waals surface area contributed by atoms with E-state index in [2.05, 4.69) is 10.0 Å². The van der Waals surface area contributed by atoms with Crippen molar-refractivity contribution in [3.63, 3.8) is 0 Å².